The second-order valence-electron chi connectivity index (χ2n) is 4.90. The summed E-state index contributed by atoms with van der Waals surface area (Å²) >= 11 is 1.92. The summed E-state index contributed by atoms with van der Waals surface area (Å²) in [5.41, 5.74) is 0. The Morgan fingerprint density at radius 1 is 1.24 bits per heavy atom. The number of thioether (sulfide) groups is 1. The van der Waals surface area contributed by atoms with E-state index in [1.807, 2.05) is 11.8 Å². The van der Waals surface area contributed by atoms with E-state index >= 15 is 0 Å². The van der Waals surface area contributed by atoms with Crippen LogP contribution >= 0.6 is 11.8 Å². The van der Waals surface area contributed by atoms with Crippen molar-refractivity contribution in [2.45, 2.75) is 49.4 Å². The van der Waals surface area contributed by atoms with Crippen LogP contribution in [0.4, 0.5) is 4.79 Å². The fraction of sp³-hybridized carbons (Fsp3) is 0.917. The minimum atomic E-state index is -0.0211. The van der Waals surface area contributed by atoms with Crippen molar-refractivity contribution >= 4 is 17.8 Å². The molecule has 0 aromatic heterocycles. The van der Waals surface area contributed by atoms with Crippen LogP contribution in [0.2, 0.25) is 0 Å². The Balaban J connectivity index is 1.70. The second kappa shape index (κ2) is 6.50. The number of nitrogens with one attached hydrogen (secondary N) is 2. The van der Waals surface area contributed by atoms with Gasteiger partial charge in [0.2, 0.25) is 0 Å². The number of carbonyl (C=O) groups is 1. The maximum absolute atomic E-state index is 11.8. The third kappa shape index (κ3) is 4.07. The summed E-state index contributed by atoms with van der Waals surface area (Å²) in [6.45, 7) is 1.43. The molecular weight excluding hydrogens is 236 g/mol. The molecule has 17 heavy (non-hydrogen) atoms. The first kappa shape index (κ1) is 13.0. The summed E-state index contributed by atoms with van der Waals surface area (Å²) in [6, 6.07) is 0.533. The Morgan fingerprint density at radius 2 is 2.06 bits per heavy atom. The van der Waals surface area contributed by atoms with Crippen molar-refractivity contribution in [1.29, 1.82) is 0 Å². The first-order valence-corrected chi connectivity index (χ1v) is 7.74. The monoisotopic (exact) mass is 258 g/mol. The van der Waals surface area contributed by atoms with Crippen molar-refractivity contribution in [3.8, 4) is 0 Å². The maximum Gasteiger partial charge on any atom is 0.315 e. The standard InChI is InChI=1S/C12H22N2O2S/c1-17-11-4-2-3-9(7-11)13-12(15)14-10-5-6-16-8-10/h9-11H,2-8H2,1H3,(H2,13,14,15). The third-order valence-corrected chi connectivity index (χ3v) is 4.65. The number of amides is 2. The molecule has 2 amide bonds. The molecule has 2 aliphatic rings. The molecule has 0 radical (unpaired) electrons. The number of urea groups is 1. The van der Waals surface area contributed by atoms with Crippen LogP contribution < -0.4 is 10.6 Å². The van der Waals surface area contributed by atoms with E-state index in [0.29, 0.717) is 17.9 Å². The summed E-state index contributed by atoms with van der Waals surface area (Å²) < 4.78 is 5.24. The molecule has 0 aromatic carbocycles. The Hall–Kier alpha value is -0.420. The minimum absolute atomic E-state index is 0.0211. The first-order valence-electron chi connectivity index (χ1n) is 6.45. The highest BCUT2D eigenvalue weighted by atomic mass is 32.2. The van der Waals surface area contributed by atoms with Crippen molar-refractivity contribution in [2.75, 3.05) is 19.5 Å². The number of ether oxygens (including phenoxy) is 1. The topological polar surface area (TPSA) is 50.4 Å². The first-order chi connectivity index (χ1) is 8.28. The predicted octanol–water partition coefficient (Wildman–Crippen LogP) is 1.75. The molecular formula is C12H22N2O2S. The molecule has 1 saturated carbocycles. The van der Waals surface area contributed by atoms with Crippen LogP contribution in [-0.4, -0.2) is 42.8 Å². The summed E-state index contributed by atoms with van der Waals surface area (Å²) in [5.74, 6) is 0. The number of hydrogen-bond donors (Lipinski definition) is 2. The van der Waals surface area contributed by atoms with Crippen LogP contribution in [0.1, 0.15) is 32.1 Å². The van der Waals surface area contributed by atoms with Gasteiger partial charge in [-0.25, -0.2) is 4.79 Å². The van der Waals surface area contributed by atoms with Gasteiger partial charge in [0, 0.05) is 17.9 Å². The highest BCUT2D eigenvalue weighted by molar-refractivity contribution is 7.99. The lowest BCUT2D eigenvalue weighted by atomic mass is 9.95. The molecule has 0 aromatic rings. The van der Waals surface area contributed by atoms with Crippen LogP contribution in [0.15, 0.2) is 0 Å². The van der Waals surface area contributed by atoms with Gasteiger partial charge in [-0.1, -0.05) is 6.42 Å². The molecule has 1 saturated heterocycles. The molecule has 5 heteroatoms. The molecule has 1 aliphatic carbocycles. The van der Waals surface area contributed by atoms with Crippen LogP contribution in [0.3, 0.4) is 0 Å². The van der Waals surface area contributed by atoms with E-state index < -0.39 is 0 Å². The average molecular weight is 258 g/mol. The van der Waals surface area contributed by atoms with Gasteiger partial charge in [-0.2, -0.15) is 11.8 Å². The maximum atomic E-state index is 11.8. The van der Waals surface area contributed by atoms with Crippen LogP contribution in [0.5, 0.6) is 0 Å². The Morgan fingerprint density at radius 3 is 2.76 bits per heavy atom. The van der Waals surface area contributed by atoms with Gasteiger partial charge in [-0.3, -0.25) is 0 Å². The lowest BCUT2D eigenvalue weighted by Gasteiger charge is -2.29. The van der Waals surface area contributed by atoms with E-state index in [2.05, 4.69) is 16.9 Å². The zero-order valence-electron chi connectivity index (χ0n) is 10.4. The van der Waals surface area contributed by atoms with Gasteiger partial charge in [0.15, 0.2) is 0 Å². The van der Waals surface area contributed by atoms with Gasteiger partial charge in [-0.15, -0.1) is 0 Å². The van der Waals surface area contributed by atoms with Gasteiger partial charge in [0.1, 0.15) is 0 Å². The summed E-state index contributed by atoms with van der Waals surface area (Å²) in [6.07, 6.45) is 7.83. The molecule has 2 N–H and O–H groups in total. The lowest BCUT2D eigenvalue weighted by Crippen LogP contribution is -2.48. The van der Waals surface area contributed by atoms with E-state index in [0.717, 1.165) is 25.9 Å². The average Bonchev–Trinajstić information content (AvgIpc) is 2.82. The Labute approximate surface area is 107 Å². The fourth-order valence-corrected chi connectivity index (χ4v) is 3.38. The highest BCUT2D eigenvalue weighted by Gasteiger charge is 2.24. The molecule has 3 unspecified atom stereocenters. The van der Waals surface area contributed by atoms with Crippen molar-refractivity contribution < 1.29 is 9.53 Å². The molecule has 2 fully saturated rings. The summed E-state index contributed by atoms with van der Waals surface area (Å²) in [5, 5.41) is 6.78. The van der Waals surface area contributed by atoms with Crippen LogP contribution in [0, 0.1) is 0 Å². The van der Waals surface area contributed by atoms with Crippen molar-refractivity contribution in [3.63, 3.8) is 0 Å². The van der Waals surface area contributed by atoms with Gasteiger partial charge in [-0.05, 0) is 31.9 Å². The molecule has 98 valence electrons. The summed E-state index contributed by atoms with van der Waals surface area (Å²) in [4.78, 5) is 11.8. The van der Waals surface area contributed by atoms with Crippen LogP contribution in [0.25, 0.3) is 0 Å². The third-order valence-electron chi connectivity index (χ3n) is 3.56. The predicted molar refractivity (Wildman–Crippen MR) is 70.5 cm³/mol. The Kier molecular flexibility index (Phi) is 4.98. The van der Waals surface area contributed by atoms with Crippen LogP contribution in [-0.2, 0) is 4.74 Å². The van der Waals surface area contributed by atoms with Gasteiger partial charge in [0.05, 0.1) is 12.6 Å². The smallest absolute Gasteiger partial charge is 0.315 e. The second-order valence-corrected chi connectivity index (χ2v) is 6.04. The van der Waals surface area contributed by atoms with Gasteiger partial charge in [0.25, 0.3) is 0 Å². The largest absolute Gasteiger partial charge is 0.379 e. The zero-order chi connectivity index (χ0) is 12.1. The van der Waals surface area contributed by atoms with Crippen molar-refractivity contribution in [3.05, 3.63) is 0 Å². The highest BCUT2D eigenvalue weighted by Crippen LogP contribution is 2.26. The van der Waals surface area contributed by atoms with E-state index in [-0.39, 0.29) is 12.1 Å². The van der Waals surface area contributed by atoms with E-state index in [1.54, 1.807) is 0 Å². The molecule has 1 aliphatic heterocycles. The quantitative estimate of drug-likeness (QED) is 0.811. The van der Waals surface area contributed by atoms with E-state index in [1.165, 1.54) is 12.8 Å². The molecule has 3 atom stereocenters. The number of carbonyl (C=O) groups excluding carboxylic acids is 1. The molecule has 0 spiro atoms. The lowest BCUT2D eigenvalue weighted by molar-refractivity contribution is 0.187. The Bertz CT molecular complexity index is 257. The zero-order valence-corrected chi connectivity index (χ0v) is 11.2. The minimum Gasteiger partial charge on any atom is -0.379 e. The fourth-order valence-electron chi connectivity index (χ4n) is 2.55. The van der Waals surface area contributed by atoms with Crippen molar-refractivity contribution in [1.82, 2.24) is 10.6 Å². The number of rotatable bonds is 3. The van der Waals surface area contributed by atoms with Crippen molar-refractivity contribution in [2.24, 2.45) is 0 Å². The SMILES string of the molecule is CSC1CCCC(NC(=O)NC2CCOC2)C1. The van der Waals surface area contributed by atoms with E-state index in [9.17, 15) is 4.79 Å². The molecule has 4 nitrogen and oxygen atoms in total. The number of hydrogen-bond acceptors (Lipinski definition) is 3. The van der Waals surface area contributed by atoms with Gasteiger partial charge >= 0.3 is 6.03 Å². The normalized spacial score (nSPS) is 33.4. The van der Waals surface area contributed by atoms with Gasteiger partial charge < -0.3 is 15.4 Å². The molecule has 1 heterocycles. The molecule has 0 bridgehead atoms. The summed E-state index contributed by atoms with van der Waals surface area (Å²) in [7, 11) is 0. The van der Waals surface area contributed by atoms with E-state index in [4.69, 9.17) is 4.74 Å². The molecule has 2 rings (SSSR count).